The Morgan fingerprint density at radius 3 is 2.59 bits per heavy atom. The number of ether oxygens (including phenoxy) is 2. The lowest BCUT2D eigenvalue weighted by atomic mass is 9.84. The highest BCUT2D eigenvalue weighted by molar-refractivity contribution is 7.80. The molecule has 0 aliphatic carbocycles. The van der Waals surface area contributed by atoms with Crippen LogP contribution in [0.15, 0.2) is 91.0 Å². The average molecular weight is 535 g/mol. The molecule has 0 bridgehead atoms. The van der Waals surface area contributed by atoms with Gasteiger partial charge in [-0.3, -0.25) is 0 Å². The lowest BCUT2D eigenvalue weighted by molar-refractivity contribution is 0.0696. The van der Waals surface area contributed by atoms with Crippen molar-refractivity contribution in [3.8, 4) is 11.5 Å². The predicted octanol–water partition coefficient (Wildman–Crippen LogP) is 6.62. The van der Waals surface area contributed by atoms with Crippen molar-refractivity contribution >= 4 is 34.3 Å². The van der Waals surface area contributed by atoms with Crippen molar-refractivity contribution in [3.63, 3.8) is 0 Å². The third-order valence-corrected chi connectivity index (χ3v) is 7.57. The number of hydrogen-bond donors (Lipinski definition) is 1. The van der Waals surface area contributed by atoms with Crippen LogP contribution in [0, 0.1) is 0 Å². The second-order valence-corrected chi connectivity index (χ2v) is 9.95. The molecule has 6 rings (SSSR count). The Balaban J connectivity index is 1.44. The summed E-state index contributed by atoms with van der Waals surface area (Å²) in [5.41, 5.74) is 6.01. The van der Waals surface area contributed by atoms with E-state index < -0.39 is 5.97 Å². The topological polar surface area (TPSA) is 73.6 Å². The SMILES string of the molecule is COc1ccc2c(c1)nc(CCC1c3cc(C(=O)O)ccc3OC(=S)c3ccccc31)n2Cc1ccccc1. The Morgan fingerprint density at radius 1 is 1.00 bits per heavy atom. The van der Waals surface area contributed by atoms with E-state index in [2.05, 4.69) is 28.8 Å². The number of imidazole rings is 1. The molecule has 6 nitrogen and oxygen atoms in total. The van der Waals surface area contributed by atoms with Gasteiger partial charge in [-0.2, -0.15) is 0 Å². The lowest BCUT2D eigenvalue weighted by Gasteiger charge is -2.19. The van der Waals surface area contributed by atoms with Gasteiger partial charge in [0.2, 0.25) is 0 Å². The second-order valence-electron chi connectivity index (χ2n) is 9.58. The van der Waals surface area contributed by atoms with Crippen LogP contribution in [-0.2, 0) is 13.0 Å². The summed E-state index contributed by atoms with van der Waals surface area (Å²) in [5, 5.41) is 10.1. The highest BCUT2D eigenvalue weighted by Gasteiger charge is 2.29. The Bertz CT molecular complexity index is 1710. The van der Waals surface area contributed by atoms with Gasteiger partial charge in [-0.05, 0) is 60.1 Å². The summed E-state index contributed by atoms with van der Waals surface area (Å²) in [6.45, 7) is 0.688. The number of nitrogens with zero attached hydrogens (tertiary/aromatic N) is 2. The van der Waals surface area contributed by atoms with Gasteiger partial charge >= 0.3 is 5.97 Å². The number of aromatic nitrogens is 2. The van der Waals surface area contributed by atoms with E-state index in [4.69, 9.17) is 26.7 Å². The van der Waals surface area contributed by atoms with Gasteiger partial charge in [0.25, 0.3) is 0 Å². The van der Waals surface area contributed by atoms with Gasteiger partial charge in [0.15, 0.2) is 5.05 Å². The molecule has 1 aliphatic rings. The van der Waals surface area contributed by atoms with Gasteiger partial charge in [0.1, 0.15) is 17.3 Å². The van der Waals surface area contributed by atoms with Crippen LogP contribution >= 0.6 is 12.2 Å². The fourth-order valence-electron chi connectivity index (χ4n) is 5.36. The monoisotopic (exact) mass is 534 g/mol. The number of fused-ring (bicyclic) bond motifs is 3. The Kier molecular flexibility index (Phi) is 6.59. The number of aromatic carboxylic acids is 1. The van der Waals surface area contributed by atoms with Crippen molar-refractivity contribution in [2.45, 2.75) is 25.3 Å². The van der Waals surface area contributed by atoms with E-state index in [1.54, 1.807) is 25.3 Å². The molecule has 0 fully saturated rings. The first-order chi connectivity index (χ1) is 19.0. The van der Waals surface area contributed by atoms with Crippen LogP contribution in [0.1, 0.15) is 50.8 Å². The van der Waals surface area contributed by atoms with Crippen molar-refractivity contribution in [3.05, 3.63) is 125 Å². The molecule has 2 heterocycles. The maximum Gasteiger partial charge on any atom is 0.335 e. The molecule has 5 aromatic rings. The number of carboxylic acids is 1. The molecule has 7 heteroatoms. The van der Waals surface area contributed by atoms with Crippen molar-refractivity contribution in [1.29, 1.82) is 0 Å². The van der Waals surface area contributed by atoms with Crippen LogP contribution in [0.4, 0.5) is 0 Å². The maximum atomic E-state index is 11.8. The van der Waals surface area contributed by atoms with Gasteiger partial charge in [0, 0.05) is 36.1 Å². The molecule has 39 heavy (non-hydrogen) atoms. The van der Waals surface area contributed by atoms with E-state index in [0.29, 0.717) is 30.2 Å². The van der Waals surface area contributed by atoms with Gasteiger partial charge in [-0.15, -0.1) is 0 Å². The normalized spacial score (nSPS) is 14.3. The third-order valence-electron chi connectivity index (χ3n) is 7.27. The molecule has 4 aromatic carbocycles. The zero-order valence-corrected chi connectivity index (χ0v) is 22.2. The van der Waals surface area contributed by atoms with E-state index in [-0.39, 0.29) is 11.5 Å². The summed E-state index contributed by atoms with van der Waals surface area (Å²) in [4.78, 5) is 16.9. The Labute approximate surface area is 231 Å². The molecule has 1 unspecified atom stereocenters. The number of methoxy groups -OCH3 is 1. The maximum absolute atomic E-state index is 11.8. The zero-order chi connectivity index (χ0) is 26.9. The van der Waals surface area contributed by atoms with E-state index in [1.807, 2.05) is 48.5 Å². The lowest BCUT2D eigenvalue weighted by Crippen LogP contribution is -2.10. The minimum atomic E-state index is -0.977. The van der Waals surface area contributed by atoms with Crippen LogP contribution in [0.5, 0.6) is 11.5 Å². The minimum absolute atomic E-state index is 0.129. The van der Waals surface area contributed by atoms with Gasteiger partial charge in [-0.25, -0.2) is 9.78 Å². The number of hydrogen-bond acceptors (Lipinski definition) is 5. The van der Waals surface area contributed by atoms with Crippen molar-refractivity contribution in [2.24, 2.45) is 0 Å². The molecule has 1 aromatic heterocycles. The van der Waals surface area contributed by atoms with Crippen LogP contribution in [0.25, 0.3) is 11.0 Å². The van der Waals surface area contributed by atoms with Crippen LogP contribution in [-0.4, -0.2) is 32.8 Å². The summed E-state index contributed by atoms with van der Waals surface area (Å²) in [6, 6.07) is 29.2. The Hall–Kier alpha value is -4.49. The first kappa shape index (κ1) is 24.8. The molecule has 1 atom stereocenters. The van der Waals surface area contributed by atoms with E-state index in [1.165, 1.54) is 5.56 Å². The molecule has 1 aliphatic heterocycles. The highest BCUT2D eigenvalue weighted by Crippen LogP contribution is 2.41. The fraction of sp³-hybridized carbons (Fsp3) is 0.156. The second kappa shape index (κ2) is 10.3. The van der Waals surface area contributed by atoms with Crippen LogP contribution in [0.2, 0.25) is 0 Å². The molecular weight excluding hydrogens is 508 g/mol. The number of carbonyl (C=O) groups is 1. The summed E-state index contributed by atoms with van der Waals surface area (Å²) < 4.78 is 13.8. The minimum Gasteiger partial charge on any atom is -0.497 e. The molecular formula is C32H26N2O4S. The quantitative estimate of drug-likeness (QED) is 0.237. The molecule has 194 valence electrons. The summed E-state index contributed by atoms with van der Waals surface area (Å²) >= 11 is 5.63. The number of aryl methyl sites for hydroxylation is 1. The summed E-state index contributed by atoms with van der Waals surface area (Å²) in [7, 11) is 1.65. The number of carboxylic acid groups (broad SMARTS) is 1. The first-order valence-corrected chi connectivity index (χ1v) is 13.2. The molecule has 1 N–H and O–H groups in total. The smallest absolute Gasteiger partial charge is 0.335 e. The summed E-state index contributed by atoms with van der Waals surface area (Å²) in [6.07, 6.45) is 1.35. The molecule has 0 saturated heterocycles. The van der Waals surface area contributed by atoms with Crippen molar-refractivity contribution in [1.82, 2.24) is 9.55 Å². The molecule has 0 amide bonds. The number of rotatable bonds is 7. The van der Waals surface area contributed by atoms with E-state index >= 15 is 0 Å². The highest BCUT2D eigenvalue weighted by atomic mass is 32.1. The van der Waals surface area contributed by atoms with Crippen LogP contribution < -0.4 is 9.47 Å². The van der Waals surface area contributed by atoms with Gasteiger partial charge in [0.05, 0.1) is 23.7 Å². The van der Waals surface area contributed by atoms with E-state index in [9.17, 15) is 9.90 Å². The standard InChI is InChI=1S/C32H26N2O4S/c1-37-22-12-14-28-27(18-22)33-30(34(28)19-20-7-3-2-4-8-20)16-13-24-23-9-5-6-10-25(23)32(39)38-29-15-11-21(31(35)36)17-26(24)29/h2-12,14-15,17-18,24H,13,16,19H2,1H3,(H,35,36). The fourth-order valence-corrected chi connectivity index (χ4v) is 5.64. The van der Waals surface area contributed by atoms with Crippen LogP contribution in [0.3, 0.4) is 0 Å². The van der Waals surface area contributed by atoms with Crippen molar-refractivity contribution in [2.75, 3.05) is 7.11 Å². The zero-order valence-electron chi connectivity index (χ0n) is 21.3. The largest absolute Gasteiger partial charge is 0.497 e. The average Bonchev–Trinajstić information content (AvgIpc) is 3.24. The van der Waals surface area contributed by atoms with E-state index in [0.717, 1.165) is 39.3 Å². The predicted molar refractivity (Wildman–Crippen MR) is 154 cm³/mol. The molecule has 0 radical (unpaired) electrons. The third kappa shape index (κ3) is 4.77. The first-order valence-electron chi connectivity index (χ1n) is 12.8. The van der Waals surface area contributed by atoms with Gasteiger partial charge in [-0.1, -0.05) is 54.6 Å². The Morgan fingerprint density at radius 2 is 1.79 bits per heavy atom. The van der Waals surface area contributed by atoms with Crippen molar-refractivity contribution < 1.29 is 19.4 Å². The number of thiocarbonyl (C=S) groups is 1. The summed E-state index contributed by atoms with van der Waals surface area (Å²) in [5.74, 6) is 1.19. The molecule has 0 spiro atoms. The van der Waals surface area contributed by atoms with Gasteiger partial charge < -0.3 is 19.1 Å². The number of benzene rings is 4. The molecule has 0 saturated carbocycles.